The molecule has 30 heavy (non-hydrogen) atoms. The number of carbonyl (C=O) groups excluding carboxylic acids is 2. The van der Waals surface area contributed by atoms with Gasteiger partial charge in [-0.25, -0.2) is 0 Å². The maximum atomic E-state index is 13.0. The molecule has 160 valence electrons. The number of amides is 2. The van der Waals surface area contributed by atoms with Crippen molar-refractivity contribution in [1.82, 2.24) is 10.2 Å². The van der Waals surface area contributed by atoms with Crippen LogP contribution in [0.2, 0.25) is 0 Å². The van der Waals surface area contributed by atoms with E-state index in [-0.39, 0.29) is 23.9 Å². The predicted octanol–water partition coefficient (Wildman–Crippen LogP) is 3.89. The van der Waals surface area contributed by atoms with Gasteiger partial charge in [-0.3, -0.25) is 9.59 Å². The average molecular weight is 411 g/mol. The third kappa shape index (κ3) is 4.75. The van der Waals surface area contributed by atoms with Crippen molar-refractivity contribution in [3.63, 3.8) is 0 Å². The Labute approximate surface area is 178 Å². The van der Waals surface area contributed by atoms with Crippen LogP contribution in [0.1, 0.15) is 43.0 Å². The fraction of sp³-hybridized carbons (Fsp3) is 0.417. The van der Waals surface area contributed by atoms with Crippen LogP contribution in [-0.4, -0.2) is 50.1 Å². The van der Waals surface area contributed by atoms with Crippen LogP contribution in [0.25, 0.3) is 11.1 Å². The number of benzene rings is 2. The summed E-state index contributed by atoms with van der Waals surface area (Å²) in [5.41, 5.74) is 2.56. The summed E-state index contributed by atoms with van der Waals surface area (Å²) in [5.74, 6) is 1.51. The predicted molar refractivity (Wildman–Crippen MR) is 117 cm³/mol. The molecule has 0 aromatic heterocycles. The smallest absolute Gasteiger partial charge is 0.253 e. The van der Waals surface area contributed by atoms with E-state index in [0.717, 1.165) is 41.9 Å². The first-order valence-electron chi connectivity index (χ1n) is 10.4. The largest absolute Gasteiger partial charge is 0.497 e. The van der Waals surface area contributed by atoms with Crippen LogP contribution in [0.5, 0.6) is 11.5 Å². The fourth-order valence-corrected chi connectivity index (χ4v) is 3.97. The lowest BCUT2D eigenvalue weighted by Gasteiger charge is -2.25. The van der Waals surface area contributed by atoms with Crippen LogP contribution in [0.3, 0.4) is 0 Å². The van der Waals surface area contributed by atoms with E-state index in [1.54, 1.807) is 19.1 Å². The van der Waals surface area contributed by atoms with E-state index in [0.29, 0.717) is 12.0 Å². The summed E-state index contributed by atoms with van der Waals surface area (Å²) >= 11 is 0. The van der Waals surface area contributed by atoms with Gasteiger partial charge < -0.3 is 19.7 Å². The lowest BCUT2D eigenvalue weighted by Crippen LogP contribution is -2.38. The fourth-order valence-electron chi connectivity index (χ4n) is 3.97. The second-order valence-corrected chi connectivity index (χ2v) is 7.64. The summed E-state index contributed by atoms with van der Waals surface area (Å²) in [6.45, 7) is 1.85. The number of hydrogen-bond donors (Lipinski definition) is 1. The molecule has 0 heterocycles. The summed E-state index contributed by atoms with van der Waals surface area (Å²) in [4.78, 5) is 26.4. The minimum absolute atomic E-state index is 0.00397. The van der Waals surface area contributed by atoms with Gasteiger partial charge in [-0.2, -0.15) is 0 Å². The van der Waals surface area contributed by atoms with E-state index in [1.807, 2.05) is 56.4 Å². The molecule has 2 aromatic carbocycles. The van der Waals surface area contributed by atoms with Crippen LogP contribution in [0.4, 0.5) is 0 Å². The minimum Gasteiger partial charge on any atom is -0.497 e. The highest BCUT2D eigenvalue weighted by Gasteiger charge is 2.30. The summed E-state index contributed by atoms with van der Waals surface area (Å²) in [7, 11) is 5.09. The Bertz CT molecular complexity index is 895. The molecule has 6 nitrogen and oxygen atoms in total. The van der Waals surface area contributed by atoms with Crippen LogP contribution < -0.4 is 14.8 Å². The maximum absolute atomic E-state index is 13.0. The molecule has 0 spiro atoms. The van der Waals surface area contributed by atoms with Gasteiger partial charge >= 0.3 is 0 Å². The first-order valence-corrected chi connectivity index (χ1v) is 10.4. The van der Waals surface area contributed by atoms with Gasteiger partial charge in [0.25, 0.3) is 5.91 Å². The monoisotopic (exact) mass is 410 g/mol. The molecule has 1 fully saturated rings. The lowest BCUT2D eigenvalue weighted by atomic mass is 10.0. The van der Waals surface area contributed by atoms with Crippen molar-refractivity contribution in [3.8, 4) is 22.6 Å². The normalized spacial score (nSPS) is 18.0. The summed E-state index contributed by atoms with van der Waals surface area (Å²) in [5, 5.41) is 3.04. The highest BCUT2D eigenvalue weighted by Crippen LogP contribution is 2.33. The van der Waals surface area contributed by atoms with Gasteiger partial charge in [-0.15, -0.1) is 0 Å². The SMILES string of the molecule is CCC(=O)N[C@@H]1CC[C@H](N(C)C(=O)c2ccc(-c3ccc(OC)cc3OC)cc2)C1. The van der Waals surface area contributed by atoms with Crippen molar-refractivity contribution in [2.75, 3.05) is 21.3 Å². The van der Waals surface area contributed by atoms with Crippen molar-refractivity contribution in [2.45, 2.75) is 44.7 Å². The van der Waals surface area contributed by atoms with Crippen molar-refractivity contribution in [1.29, 1.82) is 0 Å². The van der Waals surface area contributed by atoms with Gasteiger partial charge in [0.2, 0.25) is 5.91 Å². The van der Waals surface area contributed by atoms with E-state index < -0.39 is 0 Å². The Morgan fingerprint density at radius 1 is 1.07 bits per heavy atom. The van der Waals surface area contributed by atoms with Crippen LogP contribution in [-0.2, 0) is 4.79 Å². The zero-order valence-electron chi connectivity index (χ0n) is 18.1. The maximum Gasteiger partial charge on any atom is 0.253 e. The first kappa shape index (κ1) is 21.7. The molecular formula is C24H30N2O4. The topological polar surface area (TPSA) is 67.9 Å². The molecule has 1 aliphatic carbocycles. The molecule has 0 saturated heterocycles. The quantitative estimate of drug-likeness (QED) is 0.752. The zero-order valence-corrected chi connectivity index (χ0v) is 18.1. The number of methoxy groups -OCH3 is 2. The number of rotatable bonds is 7. The molecule has 1 saturated carbocycles. The van der Waals surface area contributed by atoms with Gasteiger partial charge in [-0.05, 0) is 49.1 Å². The Balaban J connectivity index is 1.69. The second-order valence-electron chi connectivity index (χ2n) is 7.64. The van der Waals surface area contributed by atoms with Crippen LogP contribution >= 0.6 is 0 Å². The van der Waals surface area contributed by atoms with Crippen molar-refractivity contribution < 1.29 is 19.1 Å². The van der Waals surface area contributed by atoms with Gasteiger partial charge in [0.1, 0.15) is 11.5 Å². The number of nitrogens with zero attached hydrogens (tertiary/aromatic N) is 1. The third-order valence-corrected chi connectivity index (χ3v) is 5.81. The zero-order chi connectivity index (χ0) is 21.7. The van der Waals surface area contributed by atoms with Crippen LogP contribution in [0.15, 0.2) is 42.5 Å². The first-order chi connectivity index (χ1) is 14.5. The van der Waals surface area contributed by atoms with Gasteiger partial charge in [0, 0.05) is 42.7 Å². The Morgan fingerprint density at radius 3 is 2.43 bits per heavy atom. The molecule has 2 atom stereocenters. The van der Waals surface area contributed by atoms with Crippen molar-refractivity contribution >= 4 is 11.8 Å². The van der Waals surface area contributed by atoms with E-state index in [2.05, 4.69) is 5.32 Å². The summed E-state index contributed by atoms with van der Waals surface area (Å²) in [6.07, 6.45) is 3.10. The standard InChI is InChI=1S/C24H30N2O4/c1-5-23(27)25-18-10-11-19(14-18)26(2)24(28)17-8-6-16(7-9-17)21-13-12-20(29-3)15-22(21)30-4/h6-9,12-13,15,18-19H,5,10-11,14H2,1-4H3,(H,25,27)/t18-,19+/m1/s1. The molecule has 0 radical (unpaired) electrons. The van der Waals surface area contributed by atoms with E-state index >= 15 is 0 Å². The van der Waals surface area contributed by atoms with Crippen LogP contribution in [0, 0.1) is 0 Å². The molecule has 6 heteroatoms. The van der Waals surface area contributed by atoms with Gasteiger partial charge in [0.05, 0.1) is 14.2 Å². The molecule has 1 N–H and O–H groups in total. The summed E-state index contributed by atoms with van der Waals surface area (Å²) in [6, 6.07) is 13.5. The third-order valence-electron chi connectivity index (χ3n) is 5.81. The van der Waals surface area contributed by atoms with E-state index in [4.69, 9.17) is 9.47 Å². The molecule has 0 unspecified atom stereocenters. The minimum atomic E-state index is -0.00397. The van der Waals surface area contributed by atoms with Gasteiger partial charge in [-0.1, -0.05) is 19.1 Å². The highest BCUT2D eigenvalue weighted by molar-refractivity contribution is 5.95. The highest BCUT2D eigenvalue weighted by atomic mass is 16.5. The lowest BCUT2D eigenvalue weighted by molar-refractivity contribution is -0.121. The Hall–Kier alpha value is -3.02. The average Bonchev–Trinajstić information content (AvgIpc) is 3.25. The van der Waals surface area contributed by atoms with E-state index in [1.165, 1.54) is 0 Å². The number of carbonyl (C=O) groups is 2. The molecule has 2 amide bonds. The Morgan fingerprint density at radius 2 is 1.80 bits per heavy atom. The van der Waals surface area contributed by atoms with Gasteiger partial charge in [0.15, 0.2) is 0 Å². The number of nitrogens with one attached hydrogen (secondary N) is 1. The number of hydrogen-bond acceptors (Lipinski definition) is 4. The Kier molecular flexibility index (Phi) is 6.98. The summed E-state index contributed by atoms with van der Waals surface area (Å²) < 4.78 is 10.7. The van der Waals surface area contributed by atoms with E-state index in [9.17, 15) is 9.59 Å². The van der Waals surface area contributed by atoms with Crippen molar-refractivity contribution in [3.05, 3.63) is 48.0 Å². The number of ether oxygens (including phenoxy) is 2. The second kappa shape index (κ2) is 9.65. The molecule has 0 aliphatic heterocycles. The molecule has 0 bridgehead atoms. The molecular weight excluding hydrogens is 380 g/mol. The van der Waals surface area contributed by atoms with Crippen molar-refractivity contribution in [2.24, 2.45) is 0 Å². The molecule has 1 aliphatic rings. The molecule has 3 rings (SSSR count). The molecule has 2 aromatic rings.